The van der Waals surface area contributed by atoms with Crippen LogP contribution in [0.1, 0.15) is 26.7 Å². The van der Waals surface area contributed by atoms with Gasteiger partial charge < -0.3 is 15.2 Å². The number of hydrogen-bond donors (Lipinski definition) is 1. The molecule has 3 heteroatoms. The van der Waals surface area contributed by atoms with E-state index in [1.165, 1.54) is 0 Å². The van der Waals surface area contributed by atoms with Gasteiger partial charge in [0, 0.05) is 6.61 Å². The predicted molar refractivity (Wildman–Crippen MR) is 45.9 cm³/mol. The van der Waals surface area contributed by atoms with Gasteiger partial charge in [-0.15, -0.1) is 0 Å². The Labute approximate surface area is 73.2 Å². The second kappa shape index (κ2) is 2.44. The van der Waals surface area contributed by atoms with E-state index >= 15 is 0 Å². The van der Waals surface area contributed by atoms with Crippen molar-refractivity contribution < 1.29 is 9.47 Å². The lowest BCUT2D eigenvalue weighted by Gasteiger charge is -2.59. The van der Waals surface area contributed by atoms with Crippen molar-refractivity contribution in [2.45, 2.75) is 43.9 Å². The highest BCUT2D eigenvalue weighted by Crippen LogP contribution is 2.44. The minimum absolute atomic E-state index is 0.130. The smallest absolute Gasteiger partial charge is 0.110 e. The number of nitrogens with two attached hydrogens (primary N) is 1. The SMILES string of the molecule is CC1(C)OC2(CCCOC2)C1N. The van der Waals surface area contributed by atoms with E-state index in [-0.39, 0.29) is 17.2 Å². The lowest BCUT2D eigenvalue weighted by Crippen LogP contribution is -2.76. The fourth-order valence-corrected chi connectivity index (χ4v) is 2.34. The zero-order chi connectivity index (χ0) is 8.82. The first-order valence-corrected chi connectivity index (χ1v) is 4.60. The molecule has 3 nitrogen and oxygen atoms in total. The molecule has 2 N–H and O–H groups in total. The van der Waals surface area contributed by atoms with Crippen molar-refractivity contribution >= 4 is 0 Å². The Kier molecular flexibility index (Phi) is 1.72. The van der Waals surface area contributed by atoms with E-state index in [1.54, 1.807) is 0 Å². The molecule has 2 saturated heterocycles. The van der Waals surface area contributed by atoms with Crippen molar-refractivity contribution in [3.05, 3.63) is 0 Å². The summed E-state index contributed by atoms with van der Waals surface area (Å²) >= 11 is 0. The third-order valence-electron chi connectivity index (χ3n) is 3.02. The summed E-state index contributed by atoms with van der Waals surface area (Å²) in [5.74, 6) is 0. The summed E-state index contributed by atoms with van der Waals surface area (Å²) in [5, 5.41) is 0. The maximum Gasteiger partial charge on any atom is 0.110 e. The Morgan fingerprint density at radius 3 is 2.58 bits per heavy atom. The predicted octanol–water partition coefficient (Wildman–Crippen LogP) is 0.672. The fourth-order valence-electron chi connectivity index (χ4n) is 2.34. The molecule has 0 radical (unpaired) electrons. The topological polar surface area (TPSA) is 44.5 Å². The van der Waals surface area contributed by atoms with Crippen LogP contribution in [-0.4, -0.2) is 30.5 Å². The third-order valence-corrected chi connectivity index (χ3v) is 3.02. The van der Waals surface area contributed by atoms with Gasteiger partial charge in [0.2, 0.25) is 0 Å². The van der Waals surface area contributed by atoms with Crippen LogP contribution in [0.5, 0.6) is 0 Å². The number of rotatable bonds is 0. The summed E-state index contributed by atoms with van der Waals surface area (Å²) in [6.07, 6.45) is 2.13. The first-order chi connectivity index (χ1) is 5.57. The van der Waals surface area contributed by atoms with Gasteiger partial charge in [-0.05, 0) is 26.7 Å². The Bertz CT molecular complexity index is 185. The maximum absolute atomic E-state index is 6.06. The van der Waals surface area contributed by atoms with Crippen molar-refractivity contribution in [2.75, 3.05) is 13.2 Å². The molecule has 0 amide bonds. The Morgan fingerprint density at radius 2 is 2.17 bits per heavy atom. The molecule has 2 unspecified atom stereocenters. The van der Waals surface area contributed by atoms with Crippen molar-refractivity contribution in [1.29, 1.82) is 0 Å². The summed E-state index contributed by atoms with van der Waals surface area (Å²) in [5.41, 5.74) is 5.76. The quantitative estimate of drug-likeness (QED) is 0.582. The molecule has 12 heavy (non-hydrogen) atoms. The standard InChI is InChI=1S/C9H17NO2/c1-8(2)7(10)9(12-8)4-3-5-11-6-9/h7H,3-6,10H2,1-2H3. The summed E-state index contributed by atoms with van der Waals surface area (Å²) in [6, 6.07) is 0.130. The van der Waals surface area contributed by atoms with E-state index in [9.17, 15) is 0 Å². The van der Waals surface area contributed by atoms with Crippen molar-refractivity contribution in [3.63, 3.8) is 0 Å². The molecule has 0 aromatic heterocycles. The molecule has 2 heterocycles. The molecular formula is C9H17NO2. The van der Waals surface area contributed by atoms with Gasteiger partial charge in [0.1, 0.15) is 5.60 Å². The highest BCUT2D eigenvalue weighted by molar-refractivity contribution is 5.11. The molecule has 2 rings (SSSR count). The lowest BCUT2D eigenvalue weighted by molar-refractivity contribution is -0.303. The Hall–Kier alpha value is -0.120. The van der Waals surface area contributed by atoms with Crippen molar-refractivity contribution in [3.8, 4) is 0 Å². The van der Waals surface area contributed by atoms with Gasteiger partial charge >= 0.3 is 0 Å². The molecule has 0 aliphatic carbocycles. The van der Waals surface area contributed by atoms with E-state index in [4.69, 9.17) is 15.2 Å². The largest absolute Gasteiger partial charge is 0.378 e. The van der Waals surface area contributed by atoms with Crippen LogP contribution < -0.4 is 5.73 Å². The fraction of sp³-hybridized carbons (Fsp3) is 1.00. The summed E-state index contributed by atoms with van der Waals surface area (Å²) < 4.78 is 11.2. The van der Waals surface area contributed by atoms with E-state index in [0.717, 1.165) is 19.4 Å². The highest BCUT2D eigenvalue weighted by Gasteiger charge is 2.58. The van der Waals surface area contributed by atoms with Crippen LogP contribution >= 0.6 is 0 Å². The molecule has 1 spiro atoms. The molecule has 2 fully saturated rings. The van der Waals surface area contributed by atoms with Crippen molar-refractivity contribution in [2.24, 2.45) is 5.73 Å². The zero-order valence-corrected chi connectivity index (χ0v) is 7.80. The van der Waals surface area contributed by atoms with E-state index in [0.29, 0.717) is 6.61 Å². The van der Waals surface area contributed by atoms with Gasteiger partial charge in [-0.1, -0.05) is 0 Å². The average molecular weight is 171 g/mol. The van der Waals surface area contributed by atoms with Crippen LogP contribution in [0.4, 0.5) is 0 Å². The van der Waals surface area contributed by atoms with Crippen molar-refractivity contribution in [1.82, 2.24) is 0 Å². The van der Waals surface area contributed by atoms with Gasteiger partial charge in [0.25, 0.3) is 0 Å². The molecule has 0 aromatic carbocycles. The molecule has 70 valence electrons. The van der Waals surface area contributed by atoms with Crippen LogP contribution in [0, 0.1) is 0 Å². The van der Waals surface area contributed by atoms with Crippen LogP contribution in [0.25, 0.3) is 0 Å². The monoisotopic (exact) mass is 171 g/mol. The number of ether oxygens (including phenoxy) is 2. The molecular weight excluding hydrogens is 154 g/mol. The first-order valence-electron chi connectivity index (χ1n) is 4.60. The molecule has 2 aliphatic rings. The van der Waals surface area contributed by atoms with Gasteiger partial charge in [0.05, 0.1) is 18.2 Å². The second-order valence-corrected chi connectivity index (χ2v) is 4.40. The number of hydrogen-bond acceptors (Lipinski definition) is 3. The molecule has 0 saturated carbocycles. The van der Waals surface area contributed by atoms with Crippen LogP contribution in [0.2, 0.25) is 0 Å². The van der Waals surface area contributed by atoms with Crippen LogP contribution in [-0.2, 0) is 9.47 Å². The summed E-state index contributed by atoms with van der Waals surface area (Å²) in [4.78, 5) is 0. The zero-order valence-electron chi connectivity index (χ0n) is 7.80. The molecule has 2 aliphatic heterocycles. The minimum atomic E-state index is -0.152. The van der Waals surface area contributed by atoms with Gasteiger partial charge in [0.15, 0.2) is 0 Å². The van der Waals surface area contributed by atoms with Gasteiger partial charge in [-0.2, -0.15) is 0 Å². The van der Waals surface area contributed by atoms with Crippen LogP contribution in [0.3, 0.4) is 0 Å². The summed E-state index contributed by atoms with van der Waals surface area (Å²) in [7, 11) is 0. The second-order valence-electron chi connectivity index (χ2n) is 4.40. The third kappa shape index (κ3) is 1.00. The average Bonchev–Trinajstić information content (AvgIpc) is 2.05. The minimum Gasteiger partial charge on any atom is -0.378 e. The summed E-state index contributed by atoms with van der Waals surface area (Å²) in [6.45, 7) is 5.62. The molecule has 2 atom stereocenters. The normalized spacial score (nSPS) is 45.8. The van der Waals surface area contributed by atoms with E-state index in [2.05, 4.69) is 0 Å². The molecule has 0 bridgehead atoms. The molecule has 0 aromatic rings. The highest BCUT2D eigenvalue weighted by atomic mass is 16.6. The van der Waals surface area contributed by atoms with E-state index in [1.807, 2.05) is 13.8 Å². The van der Waals surface area contributed by atoms with Gasteiger partial charge in [-0.25, -0.2) is 0 Å². The van der Waals surface area contributed by atoms with Gasteiger partial charge in [-0.3, -0.25) is 0 Å². The first kappa shape index (κ1) is 8.48. The van der Waals surface area contributed by atoms with E-state index < -0.39 is 0 Å². The maximum atomic E-state index is 6.06. The Balaban J connectivity index is 2.05. The van der Waals surface area contributed by atoms with Crippen LogP contribution in [0.15, 0.2) is 0 Å². The Morgan fingerprint density at radius 1 is 1.42 bits per heavy atom. The lowest BCUT2D eigenvalue weighted by atomic mass is 9.73.